The van der Waals surface area contributed by atoms with E-state index in [1.54, 1.807) is 6.20 Å². The van der Waals surface area contributed by atoms with Crippen molar-refractivity contribution >= 4 is 22.5 Å². The smallest absolute Gasteiger partial charge is 0.262 e. The molecule has 1 N–H and O–H groups in total. The van der Waals surface area contributed by atoms with Gasteiger partial charge in [0.25, 0.3) is 5.91 Å². The Morgan fingerprint density at radius 3 is 2.60 bits per heavy atom. The maximum absolute atomic E-state index is 12.3. The zero-order valence-corrected chi connectivity index (χ0v) is 14.7. The van der Waals surface area contributed by atoms with Gasteiger partial charge in [0.2, 0.25) is 0 Å². The van der Waals surface area contributed by atoms with Crippen molar-refractivity contribution in [1.82, 2.24) is 4.98 Å². The molecule has 0 unspecified atom stereocenters. The summed E-state index contributed by atoms with van der Waals surface area (Å²) in [7, 11) is 0. The van der Waals surface area contributed by atoms with E-state index in [9.17, 15) is 4.79 Å². The Hall–Kier alpha value is -2.88. The van der Waals surface area contributed by atoms with Crippen LogP contribution in [0.1, 0.15) is 26.3 Å². The monoisotopic (exact) mass is 334 g/mol. The summed E-state index contributed by atoms with van der Waals surface area (Å²) in [4.78, 5) is 16.7. The summed E-state index contributed by atoms with van der Waals surface area (Å²) >= 11 is 0. The van der Waals surface area contributed by atoms with E-state index in [4.69, 9.17) is 4.74 Å². The Morgan fingerprint density at radius 2 is 1.80 bits per heavy atom. The quantitative estimate of drug-likeness (QED) is 0.761. The number of hydrogen-bond donors (Lipinski definition) is 1. The fourth-order valence-corrected chi connectivity index (χ4v) is 2.77. The maximum Gasteiger partial charge on any atom is 0.262 e. The summed E-state index contributed by atoms with van der Waals surface area (Å²) in [5.41, 5.74) is 2.62. The van der Waals surface area contributed by atoms with E-state index in [-0.39, 0.29) is 17.9 Å². The van der Waals surface area contributed by atoms with Crippen LogP contribution in [-0.2, 0) is 10.2 Å². The molecule has 1 aromatic heterocycles. The van der Waals surface area contributed by atoms with Crippen LogP contribution in [0.5, 0.6) is 5.75 Å². The molecule has 1 amide bonds. The summed E-state index contributed by atoms with van der Waals surface area (Å²) in [6.07, 6.45) is 1.72. The van der Waals surface area contributed by atoms with Gasteiger partial charge in [-0.1, -0.05) is 57.2 Å². The van der Waals surface area contributed by atoms with E-state index in [0.29, 0.717) is 5.75 Å². The molecule has 0 atom stereocenters. The molecular weight excluding hydrogens is 312 g/mol. The second kappa shape index (κ2) is 6.93. The molecule has 0 saturated carbocycles. The Balaban J connectivity index is 1.72. The standard InChI is InChI=1S/C21H22N2O2/c1-21(2,3)16-10-4-5-11-17(16)23-19(24)14-25-18-12-6-8-15-9-7-13-22-20(15)18/h4-13H,14H2,1-3H3,(H,23,24). The number of pyridine rings is 1. The fourth-order valence-electron chi connectivity index (χ4n) is 2.77. The van der Waals surface area contributed by atoms with Crippen LogP contribution in [0, 0.1) is 0 Å². The largest absolute Gasteiger partial charge is 0.481 e. The summed E-state index contributed by atoms with van der Waals surface area (Å²) in [5.74, 6) is 0.419. The third-order valence-electron chi connectivity index (χ3n) is 3.96. The van der Waals surface area contributed by atoms with E-state index in [1.165, 1.54) is 0 Å². The van der Waals surface area contributed by atoms with E-state index in [2.05, 4.69) is 31.1 Å². The molecule has 2 aromatic carbocycles. The van der Waals surface area contributed by atoms with Crippen molar-refractivity contribution in [3.8, 4) is 5.75 Å². The highest BCUT2D eigenvalue weighted by atomic mass is 16.5. The van der Waals surface area contributed by atoms with Crippen molar-refractivity contribution in [2.24, 2.45) is 0 Å². The van der Waals surface area contributed by atoms with Gasteiger partial charge >= 0.3 is 0 Å². The van der Waals surface area contributed by atoms with E-state index >= 15 is 0 Å². The number of nitrogens with zero attached hydrogens (tertiary/aromatic N) is 1. The van der Waals surface area contributed by atoms with E-state index in [0.717, 1.165) is 22.2 Å². The van der Waals surface area contributed by atoms with Gasteiger partial charge in [-0.15, -0.1) is 0 Å². The van der Waals surface area contributed by atoms with Gasteiger partial charge in [-0.2, -0.15) is 0 Å². The molecule has 128 valence electrons. The second-order valence-electron chi connectivity index (χ2n) is 6.96. The van der Waals surface area contributed by atoms with Gasteiger partial charge in [-0.3, -0.25) is 9.78 Å². The molecule has 0 fully saturated rings. The Bertz CT molecular complexity index is 892. The molecule has 1 heterocycles. The zero-order chi connectivity index (χ0) is 17.9. The zero-order valence-electron chi connectivity index (χ0n) is 14.7. The van der Waals surface area contributed by atoms with E-state index < -0.39 is 0 Å². The van der Waals surface area contributed by atoms with Crippen molar-refractivity contribution in [1.29, 1.82) is 0 Å². The molecule has 4 nitrogen and oxygen atoms in total. The van der Waals surface area contributed by atoms with Crippen molar-refractivity contribution in [2.75, 3.05) is 11.9 Å². The first-order valence-corrected chi connectivity index (χ1v) is 8.31. The predicted molar refractivity (Wildman–Crippen MR) is 101 cm³/mol. The number of para-hydroxylation sites is 2. The van der Waals surface area contributed by atoms with Gasteiger partial charge in [0, 0.05) is 17.3 Å². The van der Waals surface area contributed by atoms with Crippen LogP contribution in [0.2, 0.25) is 0 Å². The van der Waals surface area contributed by atoms with Crippen LogP contribution < -0.4 is 10.1 Å². The normalized spacial score (nSPS) is 11.3. The fraction of sp³-hybridized carbons (Fsp3) is 0.238. The van der Waals surface area contributed by atoms with Crippen LogP contribution in [0.3, 0.4) is 0 Å². The Kier molecular flexibility index (Phi) is 4.70. The highest BCUT2D eigenvalue weighted by molar-refractivity contribution is 5.93. The first kappa shape index (κ1) is 17.0. The minimum absolute atomic E-state index is 0.0513. The number of carbonyl (C=O) groups is 1. The van der Waals surface area contributed by atoms with Gasteiger partial charge in [0.15, 0.2) is 6.61 Å². The summed E-state index contributed by atoms with van der Waals surface area (Å²) in [5, 5.41) is 3.94. The van der Waals surface area contributed by atoms with Crippen molar-refractivity contribution in [3.05, 3.63) is 66.4 Å². The first-order chi connectivity index (χ1) is 11.9. The van der Waals surface area contributed by atoms with Crippen LogP contribution in [0.15, 0.2) is 60.8 Å². The average molecular weight is 334 g/mol. The molecule has 25 heavy (non-hydrogen) atoms. The number of aromatic nitrogens is 1. The lowest BCUT2D eigenvalue weighted by Crippen LogP contribution is -2.23. The molecule has 0 aliphatic rings. The molecule has 3 rings (SSSR count). The molecule has 0 radical (unpaired) electrons. The number of fused-ring (bicyclic) bond motifs is 1. The third-order valence-corrected chi connectivity index (χ3v) is 3.96. The molecular formula is C21H22N2O2. The van der Waals surface area contributed by atoms with Crippen LogP contribution in [-0.4, -0.2) is 17.5 Å². The number of anilines is 1. The number of amides is 1. The number of rotatable bonds is 4. The van der Waals surface area contributed by atoms with Gasteiger partial charge < -0.3 is 10.1 Å². The third kappa shape index (κ3) is 3.97. The lowest BCUT2D eigenvalue weighted by atomic mass is 9.86. The van der Waals surface area contributed by atoms with Crippen molar-refractivity contribution in [2.45, 2.75) is 26.2 Å². The summed E-state index contributed by atoms with van der Waals surface area (Å²) in [6.45, 7) is 6.30. The number of ether oxygens (including phenoxy) is 1. The Labute approximate surface area is 147 Å². The highest BCUT2D eigenvalue weighted by Gasteiger charge is 2.18. The van der Waals surface area contributed by atoms with Gasteiger partial charge in [-0.25, -0.2) is 0 Å². The number of benzene rings is 2. The first-order valence-electron chi connectivity index (χ1n) is 8.31. The minimum atomic E-state index is -0.190. The molecule has 0 spiro atoms. The lowest BCUT2D eigenvalue weighted by molar-refractivity contribution is -0.118. The number of carbonyl (C=O) groups excluding carboxylic acids is 1. The minimum Gasteiger partial charge on any atom is -0.481 e. The van der Waals surface area contributed by atoms with Gasteiger partial charge in [-0.05, 0) is 29.2 Å². The average Bonchev–Trinajstić information content (AvgIpc) is 2.59. The second-order valence-corrected chi connectivity index (χ2v) is 6.96. The predicted octanol–water partition coefficient (Wildman–Crippen LogP) is 4.55. The van der Waals surface area contributed by atoms with Crippen LogP contribution >= 0.6 is 0 Å². The highest BCUT2D eigenvalue weighted by Crippen LogP contribution is 2.29. The molecule has 4 heteroatoms. The SMILES string of the molecule is CC(C)(C)c1ccccc1NC(=O)COc1cccc2cccnc12. The van der Waals surface area contributed by atoms with Gasteiger partial charge in [0.05, 0.1) is 0 Å². The number of hydrogen-bond acceptors (Lipinski definition) is 3. The molecule has 3 aromatic rings. The molecule has 0 aliphatic heterocycles. The molecule has 0 saturated heterocycles. The summed E-state index contributed by atoms with van der Waals surface area (Å²) in [6, 6.07) is 17.4. The Morgan fingerprint density at radius 1 is 1.04 bits per heavy atom. The van der Waals surface area contributed by atoms with Gasteiger partial charge in [0.1, 0.15) is 11.3 Å². The van der Waals surface area contributed by atoms with E-state index in [1.807, 2.05) is 54.6 Å². The number of nitrogens with one attached hydrogen (secondary N) is 1. The van der Waals surface area contributed by atoms with Crippen LogP contribution in [0.25, 0.3) is 10.9 Å². The van der Waals surface area contributed by atoms with Crippen molar-refractivity contribution < 1.29 is 9.53 Å². The topological polar surface area (TPSA) is 51.2 Å². The maximum atomic E-state index is 12.3. The van der Waals surface area contributed by atoms with Crippen molar-refractivity contribution in [3.63, 3.8) is 0 Å². The molecule has 0 bridgehead atoms. The summed E-state index contributed by atoms with van der Waals surface area (Å²) < 4.78 is 5.70. The lowest BCUT2D eigenvalue weighted by Gasteiger charge is -2.23. The van der Waals surface area contributed by atoms with Crippen LogP contribution in [0.4, 0.5) is 5.69 Å². The molecule has 0 aliphatic carbocycles.